The van der Waals surface area contributed by atoms with Crippen LogP contribution in [0.2, 0.25) is 0 Å². The predicted molar refractivity (Wildman–Crippen MR) is 251 cm³/mol. The molecule has 5 aliphatic carbocycles. The number of hydrogen-bond donors (Lipinski definition) is 0. The van der Waals surface area contributed by atoms with E-state index in [-0.39, 0.29) is 5.41 Å². The Bertz CT molecular complexity index is 3100. The van der Waals surface area contributed by atoms with Crippen LogP contribution < -0.4 is 4.90 Å². The highest BCUT2D eigenvalue weighted by Crippen LogP contribution is 2.88. The first-order valence-electron chi connectivity index (χ1n) is 22.0. The highest BCUT2D eigenvalue weighted by molar-refractivity contribution is 7.25. The van der Waals surface area contributed by atoms with Gasteiger partial charge in [-0.1, -0.05) is 146 Å². The van der Waals surface area contributed by atoms with Gasteiger partial charge in [0.05, 0.1) is 0 Å². The van der Waals surface area contributed by atoms with E-state index >= 15 is 0 Å². The van der Waals surface area contributed by atoms with E-state index in [0.29, 0.717) is 5.41 Å². The van der Waals surface area contributed by atoms with E-state index in [1.807, 2.05) is 11.3 Å². The van der Waals surface area contributed by atoms with Crippen LogP contribution in [0.15, 0.2) is 188 Å². The number of fused-ring (bicyclic) bond motifs is 11. The van der Waals surface area contributed by atoms with Gasteiger partial charge in [0.1, 0.15) is 0 Å². The fourth-order valence-corrected chi connectivity index (χ4v) is 15.1. The van der Waals surface area contributed by atoms with Crippen LogP contribution in [0.4, 0.5) is 17.1 Å². The van der Waals surface area contributed by atoms with Crippen LogP contribution in [-0.4, -0.2) is 0 Å². The molecule has 1 heterocycles. The van der Waals surface area contributed by atoms with Gasteiger partial charge < -0.3 is 4.90 Å². The van der Waals surface area contributed by atoms with Crippen molar-refractivity contribution in [3.8, 4) is 44.5 Å². The molecule has 4 saturated carbocycles. The molecule has 8 aromatic carbocycles. The van der Waals surface area contributed by atoms with Crippen LogP contribution in [0, 0.1) is 29.1 Å². The average molecular weight is 786 g/mol. The normalized spacial score (nSPS) is 24.9. The summed E-state index contributed by atoms with van der Waals surface area (Å²) in [4.78, 5) is 2.41. The molecular formula is C58H43NS. The maximum atomic E-state index is 2.52. The molecule has 0 N–H and O–H groups in total. The summed E-state index contributed by atoms with van der Waals surface area (Å²) >= 11 is 1.94. The Labute approximate surface area is 355 Å². The second kappa shape index (κ2) is 12.2. The summed E-state index contributed by atoms with van der Waals surface area (Å²) in [5.41, 5.74) is 18.3. The van der Waals surface area contributed by atoms with Crippen LogP contribution >= 0.6 is 11.3 Å². The first-order valence-corrected chi connectivity index (χ1v) is 22.8. The zero-order valence-electron chi connectivity index (χ0n) is 33.4. The molecule has 0 amide bonds. The summed E-state index contributed by atoms with van der Waals surface area (Å²) in [6.45, 7) is 0. The molecule has 286 valence electrons. The van der Waals surface area contributed by atoms with E-state index in [9.17, 15) is 0 Å². The summed E-state index contributed by atoms with van der Waals surface area (Å²) in [6, 6.07) is 70.6. The minimum absolute atomic E-state index is 0.169. The molecule has 5 aliphatic rings. The lowest BCUT2D eigenvalue weighted by Gasteiger charge is -2.70. The predicted octanol–water partition coefficient (Wildman–Crippen LogP) is 15.9. The molecule has 0 aliphatic heterocycles. The van der Waals surface area contributed by atoms with Crippen molar-refractivity contribution >= 4 is 48.6 Å². The van der Waals surface area contributed by atoms with Gasteiger partial charge in [0, 0.05) is 42.6 Å². The average Bonchev–Trinajstić information content (AvgIpc) is 4.02. The molecule has 60 heavy (non-hydrogen) atoms. The van der Waals surface area contributed by atoms with Gasteiger partial charge in [0.25, 0.3) is 0 Å². The topological polar surface area (TPSA) is 3.24 Å². The highest BCUT2D eigenvalue weighted by atomic mass is 32.1. The molecule has 0 radical (unpaired) electrons. The van der Waals surface area contributed by atoms with E-state index in [1.54, 1.807) is 11.1 Å². The molecule has 2 heteroatoms. The Morgan fingerprint density at radius 1 is 0.417 bits per heavy atom. The molecule has 4 fully saturated rings. The largest absolute Gasteiger partial charge is 0.310 e. The van der Waals surface area contributed by atoms with Crippen LogP contribution in [0.1, 0.15) is 36.8 Å². The van der Waals surface area contributed by atoms with Gasteiger partial charge in [0.2, 0.25) is 0 Å². The van der Waals surface area contributed by atoms with Crippen molar-refractivity contribution in [3.05, 3.63) is 199 Å². The van der Waals surface area contributed by atoms with E-state index in [4.69, 9.17) is 0 Å². The zero-order chi connectivity index (χ0) is 39.2. The molecule has 9 aromatic rings. The molecule has 1 aromatic heterocycles. The molecule has 6 unspecified atom stereocenters. The quantitative estimate of drug-likeness (QED) is 0.162. The Balaban J connectivity index is 0.880. The van der Waals surface area contributed by atoms with Crippen LogP contribution in [-0.2, 0) is 5.41 Å². The third-order valence-corrected chi connectivity index (χ3v) is 17.4. The number of anilines is 3. The fraction of sp³-hybridized carbons (Fsp3) is 0.172. The molecule has 14 rings (SSSR count). The molecule has 6 atom stereocenters. The van der Waals surface area contributed by atoms with Crippen LogP contribution in [0.25, 0.3) is 64.7 Å². The fourth-order valence-electron chi connectivity index (χ4n) is 13.9. The summed E-state index contributed by atoms with van der Waals surface area (Å²) in [5.74, 6) is 3.54. The minimum Gasteiger partial charge on any atom is -0.310 e. The van der Waals surface area contributed by atoms with Gasteiger partial charge in [-0.15, -0.1) is 11.3 Å². The van der Waals surface area contributed by atoms with Gasteiger partial charge in [-0.05, 0) is 153 Å². The van der Waals surface area contributed by atoms with Crippen molar-refractivity contribution in [1.29, 1.82) is 0 Å². The van der Waals surface area contributed by atoms with E-state index in [2.05, 4.69) is 193 Å². The summed E-state index contributed by atoms with van der Waals surface area (Å²) in [6.07, 6.45) is 5.82. The van der Waals surface area contributed by atoms with E-state index in [1.165, 1.54) is 96.1 Å². The Hall–Kier alpha value is -6.22. The number of thiophene rings is 1. The number of rotatable bonds is 6. The van der Waals surface area contributed by atoms with Gasteiger partial charge in [-0.3, -0.25) is 0 Å². The van der Waals surface area contributed by atoms with Gasteiger partial charge in [0.15, 0.2) is 0 Å². The maximum Gasteiger partial charge on any atom is 0.0476 e. The van der Waals surface area contributed by atoms with Crippen molar-refractivity contribution in [2.75, 3.05) is 4.90 Å². The molecule has 1 nitrogen and oxygen atoms in total. The maximum absolute atomic E-state index is 2.52. The molecule has 2 spiro atoms. The van der Waals surface area contributed by atoms with Gasteiger partial charge >= 0.3 is 0 Å². The van der Waals surface area contributed by atoms with E-state index < -0.39 is 0 Å². The van der Waals surface area contributed by atoms with Gasteiger partial charge in [-0.25, -0.2) is 0 Å². The SMILES string of the molecule is c1ccc(-c2ccc(N(c3ccc(-c4ccccc4)cc3)c3ccc4c(c3)sc3cc(-c5cccc6c5C5(c7ccccc7-6)C6CC7CC8CC5C78C6)ccc34)cc2)cc1. The standard InChI is InChI=1S/C58H43NS/c1-3-10-36(11-4-1)38-18-23-44(24-19-38)59(45-25-20-39(21-26-45)37-12-5-2-6-13-37)46-27-29-50-49-28-22-40(30-53(49)60-54(50)34-46)47-15-9-16-51-48-14-7-8-17-52(48)58(56(47)51)43-32-41-31-42-33-55(58)57(41,42)35-43/h1-30,34,41-43,55H,31-33,35H2. The molecule has 2 bridgehead atoms. The Kier molecular flexibility index (Phi) is 6.82. The van der Waals surface area contributed by atoms with Crippen molar-refractivity contribution in [3.63, 3.8) is 0 Å². The number of benzene rings is 8. The first-order chi connectivity index (χ1) is 29.7. The van der Waals surface area contributed by atoms with Crippen molar-refractivity contribution in [2.24, 2.45) is 29.1 Å². The second-order valence-corrected chi connectivity index (χ2v) is 19.5. The highest BCUT2D eigenvalue weighted by Gasteiger charge is 2.82. The van der Waals surface area contributed by atoms with Crippen LogP contribution in [0.3, 0.4) is 0 Å². The Morgan fingerprint density at radius 2 is 0.950 bits per heavy atom. The molecule has 0 saturated heterocycles. The first kappa shape index (κ1) is 33.6. The monoisotopic (exact) mass is 785 g/mol. The van der Waals surface area contributed by atoms with E-state index in [0.717, 1.165) is 35.0 Å². The Morgan fingerprint density at radius 3 is 1.63 bits per heavy atom. The third kappa shape index (κ3) is 4.32. The number of hydrogen-bond acceptors (Lipinski definition) is 2. The molecular weight excluding hydrogens is 743 g/mol. The summed E-state index contributed by atoms with van der Waals surface area (Å²) < 4.78 is 2.68. The lowest BCUT2D eigenvalue weighted by atomic mass is 9.34. The van der Waals surface area contributed by atoms with Crippen molar-refractivity contribution < 1.29 is 0 Å². The summed E-state index contributed by atoms with van der Waals surface area (Å²) in [7, 11) is 0. The lowest BCUT2D eigenvalue weighted by Crippen LogP contribution is -2.65. The number of nitrogens with zero attached hydrogens (tertiary/aromatic N) is 1. The van der Waals surface area contributed by atoms with Crippen molar-refractivity contribution in [2.45, 2.75) is 31.1 Å². The second-order valence-electron chi connectivity index (χ2n) is 18.5. The van der Waals surface area contributed by atoms with Gasteiger partial charge in [-0.2, -0.15) is 0 Å². The lowest BCUT2D eigenvalue weighted by molar-refractivity contribution is -0.193. The minimum atomic E-state index is 0.169. The van der Waals surface area contributed by atoms with Crippen molar-refractivity contribution in [1.82, 2.24) is 0 Å². The third-order valence-electron chi connectivity index (χ3n) is 16.3. The van der Waals surface area contributed by atoms with Crippen LogP contribution in [0.5, 0.6) is 0 Å². The zero-order valence-corrected chi connectivity index (χ0v) is 34.2. The summed E-state index contributed by atoms with van der Waals surface area (Å²) in [5, 5.41) is 2.68. The smallest absolute Gasteiger partial charge is 0.0476 e.